The first-order valence-corrected chi connectivity index (χ1v) is 9.36. The van der Waals surface area contributed by atoms with Gasteiger partial charge in [-0.3, -0.25) is 25.9 Å². The fourth-order valence-electron chi connectivity index (χ4n) is 1.48. The molecule has 0 radical (unpaired) electrons. The summed E-state index contributed by atoms with van der Waals surface area (Å²) in [6, 6.07) is 0. The van der Waals surface area contributed by atoms with Crippen molar-refractivity contribution >= 4 is 44.4 Å². The summed E-state index contributed by atoms with van der Waals surface area (Å²) >= 11 is 0. The second-order valence-corrected chi connectivity index (χ2v) is 5.43. The third-order valence-corrected chi connectivity index (χ3v) is 2.24. The van der Waals surface area contributed by atoms with Crippen molar-refractivity contribution in [2.24, 2.45) is 0 Å². The summed E-state index contributed by atoms with van der Waals surface area (Å²) < 4.78 is 60.7. The quantitative estimate of drug-likeness (QED) is 0.0880. The number of hydrogen-bond acceptors (Lipinski definition) is 14. The van der Waals surface area contributed by atoms with Gasteiger partial charge in [0.05, 0.1) is 6.67 Å². The molecule has 0 aliphatic carbocycles. The van der Waals surface area contributed by atoms with Crippen LogP contribution in [0.4, 0.5) is 25.9 Å². The van der Waals surface area contributed by atoms with Crippen LogP contribution in [0.5, 0.6) is 0 Å². The van der Waals surface area contributed by atoms with E-state index in [1.807, 2.05) is 0 Å². The SMILES string of the molecule is CCCCCCN1C=CN(C)C1.OB(O)F.OB(O)F.OB(O)F.OB(O)F.OB(O)F.OB(O)F. The van der Waals surface area contributed by atoms with Crippen molar-refractivity contribution in [3.05, 3.63) is 12.4 Å². The van der Waals surface area contributed by atoms with Crippen molar-refractivity contribution in [1.82, 2.24) is 9.80 Å². The zero-order valence-electron chi connectivity index (χ0n) is 19.4. The monoisotopic (exact) mass is 552 g/mol. The van der Waals surface area contributed by atoms with Gasteiger partial charge in [0.25, 0.3) is 0 Å². The highest BCUT2D eigenvalue weighted by Crippen LogP contribution is 2.06. The maximum atomic E-state index is 10.1. The van der Waals surface area contributed by atoms with E-state index in [-0.39, 0.29) is 0 Å². The molecule has 0 bridgehead atoms. The maximum absolute atomic E-state index is 10.1. The first kappa shape index (κ1) is 48.0. The first-order valence-electron chi connectivity index (χ1n) is 9.36. The van der Waals surface area contributed by atoms with E-state index in [4.69, 9.17) is 60.3 Å². The topological polar surface area (TPSA) is 249 Å². The number of nitrogens with zero attached hydrogens (tertiary/aromatic N) is 2. The van der Waals surface area contributed by atoms with Gasteiger partial charge >= 0.3 is 44.4 Å². The summed E-state index contributed by atoms with van der Waals surface area (Å²) in [6.07, 6.45) is 9.76. The Bertz CT molecular complexity index is 357. The van der Waals surface area contributed by atoms with E-state index in [1.165, 1.54) is 32.2 Å². The lowest BCUT2D eigenvalue weighted by molar-refractivity contribution is 0.291. The van der Waals surface area contributed by atoms with Crippen molar-refractivity contribution in [2.45, 2.75) is 32.6 Å². The Morgan fingerprint density at radius 2 is 0.833 bits per heavy atom. The molecule has 0 spiro atoms. The number of hydrogen-bond donors (Lipinski definition) is 12. The number of unbranched alkanes of at least 4 members (excludes halogenated alkanes) is 3. The smallest absolute Gasteiger partial charge is 0.398 e. The van der Waals surface area contributed by atoms with Crippen LogP contribution in [-0.2, 0) is 0 Å². The molecule has 1 aliphatic heterocycles. The lowest BCUT2D eigenvalue weighted by Gasteiger charge is -2.17. The van der Waals surface area contributed by atoms with Crippen LogP contribution in [0.25, 0.3) is 0 Å². The Balaban J connectivity index is -0.0000000797. The molecule has 0 atom stereocenters. The Morgan fingerprint density at radius 3 is 1.03 bits per heavy atom. The molecule has 0 unspecified atom stereocenters. The predicted molar refractivity (Wildman–Crippen MR) is 120 cm³/mol. The Morgan fingerprint density at radius 1 is 0.556 bits per heavy atom. The fraction of sp³-hybridized carbons (Fsp3) is 0.800. The van der Waals surface area contributed by atoms with Gasteiger partial charge in [0.2, 0.25) is 0 Å². The van der Waals surface area contributed by atoms with Crippen molar-refractivity contribution in [3.8, 4) is 0 Å². The lowest BCUT2D eigenvalue weighted by atomic mass is 10.2. The Labute approximate surface area is 206 Å². The highest BCUT2D eigenvalue weighted by Gasteiger charge is 2.06. The minimum atomic E-state index is -2.67. The average molecular weight is 551 g/mol. The molecule has 0 fully saturated rings. The van der Waals surface area contributed by atoms with Crippen LogP contribution in [0, 0.1) is 0 Å². The van der Waals surface area contributed by atoms with E-state index < -0.39 is 44.4 Å². The van der Waals surface area contributed by atoms with E-state index in [0.717, 1.165) is 6.67 Å². The van der Waals surface area contributed by atoms with E-state index in [1.54, 1.807) is 0 Å². The molecule has 36 heavy (non-hydrogen) atoms. The first-order chi connectivity index (χ1) is 16.2. The van der Waals surface area contributed by atoms with E-state index in [0.29, 0.717) is 0 Å². The molecule has 0 saturated carbocycles. The molecular weight excluding hydrogens is 519 g/mol. The van der Waals surface area contributed by atoms with Gasteiger partial charge in [-0.1, -0.05) is 26.2 Å². The normalized spacial score (nSPS) is 9.89. The van der Waals surface area contributed by atoms with Gasteiger partial charge in [0.1, 0.15) is 0 Å². The molecule has 0 aromatic carbocycles. The van der Waals surface area contributed by atoms with Gasteiger partial charge in [-0.15, -0.1) is 0 Å². The molecule has 0 aromatic rings. The van der Waals surface area contributed by atoms with Crippen LogP contribution in [0.3, 0.4) is 0 Å². The second-order valence-electron chi connectivity index (χ2n) is 5.43. The summed E-state index contributed by atoms with van der Waals surface area (Å²) in [4.78, 5) is 4.58. The number of halogens is 6. The van der Waals surface area contributed by atoms with E-state index in [9.17, 15) is 25.9 Å². The molecule has 0 amide bonds. The molecular formula is C10H32B6F6N2O12. The van der Waals surface area contributed by atoms with Crippen molar-refractivity contribution in [3.63, 3.8) is 0 Å². The van der Waals surface area contributed by atoms with Crippen LogP contribution >= 0.6 is 0 Å². The zero-order valence-corrected chi connectivity index (χ0v) is 19.4. The van der Waals surface area contributed by atoms with Crippen molar-refractivity contribution < 1.29 is 86.2 Å². The van der Waals surface area contributed by atoms with Crippen molar-refractivity contribution in [1.29, 1.82) is 0 Å². The van der Waals surface area contributed by atoms with Gasteiger partial charge in [-0.05, 0) is 6.42 Å². The highest BCUT2D eigenvalue weighted by atomic mass is 19.1. The largest absolute Gasteiger partial charge is 0.674 e. The third-order valence-electron chi connectivity index (χ3n) is 2.24. The third kappa shape index (κ3) is 174. The van der Waals surface area contributed by atoms with Gasteiger partial charge in [0.15, 0.2) is 0 Å². The van der Waals surface area contributed by atoms with Crippen LogP contribution < -0.4 is 0 Å². The van der Waals surface area contributed by atoms with Gasteiger partial charge < -0.3 is 70.1 Å². The van der Waals surface area contributed by atoms with Crippen LogP contribution in [-0.4, -0.2) is 135 Å². The van der Waals surface area contributed by atoms with E-state index >= 15 is 0 Å². The zero-order chi connectivity index (χ0) is 30.3. The summed E-state index contributed by atoms with van der Waals surface area (Å²) in [5, 5.41) is 83.3. The molecule has 12 N–H and O–H groups in total. The van der Waals surface area contributed by atoms with Crippen LogP contribution in [0.15, 0.2) is 12.4 Å². The molecule has 0 saturated heterocycles. The highest BCUT2D eigenvalue weighted by molar-refractivity contribution is 6.32. The summed E-state index contributed by atoms with van der Waals surface area (Å²) in [7, 11) is -13.9. The Kier molecular flexibility index (Phi) is 51.1. The molecule has 0 aromatic heterocycles. The molecule has 1 aliphatic rings. The van der Waals surface area contributed by atoms with Gasteiger partial charge in [0, 0.05) is 26.0 Å². The maximum Gasteiger partial charge on any atom is 0.674 e. The standard InChI is InChI=1S/C10H20N2.6BFH2O2/c1-3-4-5-6-7-12-9-8-11(2)10-12;6*2-1(3)4/h8-9H,3-7,10H2,1-2H3;6*3-4H. The van der Waals surface area contributed by atoms with Gasteiger partial charge in [-0.25, -0.2) is 0 Å². The second kappa shape index (κ2) is 38.4. The van der Waals surface area contributed by atoms with E-state index in [2.05, 4.69) is 36.2 Å². The fourth-order valence-corrected chi connectivity index (χ4v) is 1.48. The molecule has 1 heterocycles. The van der Waals surface area contributed by atoms with Gasteiger partial charge in [-0.2, -0.15) is 0 Å². The van der Waals surface area contributed by atoms with Crippen LogP contribution in [0.1, 0.15) is 32.6 Å². The summed E-state index contributed by atoms with van der Waals surface area (Å²) in [6.45, 7) is 4.55. The average Bonchev–Trinajstić information content (AvgIpc) is 3.01. The minimum absolute atomic E-state index is 1.08. The van der Waals surface area contributed by atoms with Crippen molar-refractivity contribution in [2.75, 3.05) is 20.3 Å². The minimum Gasteiger partial charge on any atom is -0.398 e. The number of rotatable bonds is 5. The molecule has 14 nitrogen and oxygen atoms in total. The molecule has 1 rings (SSSR count). The molecule has 214 valence electrons. The summed E-state index contributed by atoms with van der Waals surface area (Å²) in [5.41, 5.74) is 0. The molecule has 26 heteroatoms. The predicted octanol–water partition coefficient (Wildman–Crippen LogP) is -4.20. The lowest BCUT2D eigenvalue weighted by Crippen LogP contribution is -2.23. The Hall–Kier alpha value is -1.17. The summed E-state index contributed by atoms with van der Waals surface area (Å²) in [5.74, 6) is 0. The van der Waals surface area contributed by atoms with Crippen LogP contribution in [0.2, 0.25) is 0 Å².